The van der Waals surface area contributed by atoms with Gasteiger partial charge in [-0.25, -0.2) is 4.98 Å². The number of aromatic nitrogens is 1. The predicted octanol–water partition coefficient (Wildman–Crippen LogP) is 3.73. The average Bonchev–Trinajstić information content (AvgIpc) is 2.67. The first-order valence-electron chi connectivity index (χ1n) is 6.76. The van der Waals surface area contributed by atoms with Crippen molar-refractivity contribution in [2.24, 2.45) is 11.1 Å². The minimum Gasteiger partial charge on any atom is -0.389 e. The molecular weight excluding hydrogens is 299 g/mol. The van der Waals surface area contributed by atoms with E-state index in [1.54, 1.807) is 0 Å². The summed E-state index contributed by atoms with van der Waals surface area (Å²) in [5.74, 6) is 0.123. The minimum atomic E-state index is -4.49. The molecule has 1 heterocycles. The van der Waals surface area contributed by atoms with Crippen LogP contribution < -0.4 is 11.1 Å². The van der Waals surface area contributed by atoms with Gasteiger partial charge in [0.05, 0.1) is 5.56 Å². The molecule has 1 atom stereocenters. The Morgan fingerprint density at radius 1 is 1.43 bits per heavy atom. The Morgan fingerprint density at radius 3 is 2.57 bits per heavy atom. The summed E-state index contributed by atoms with van der Waals surface area (Å²) in [4.78, 5) is 3.73. The molecule has 7 heteroatoms. The predicted molar refractivity (Wildman–Crippen MR) is 80.2 cm³/mol. The minimum absolute atomic E-state index is 0.00338. The number of hydrogen-bond acceptors (Lipinski definition) is 3. The summed E-state index contributed by atoms with van der Waals surface area (Å²) >= 11 is 4.90. The zero-order chi connectivity index (χ0) is 15.8. The van der Waals surface area contributed by atoms with Crippen LogP contribution in [0.15, 0.2) is 12.1 Å². The Kier molecular flexibility index (Phi) is 4.15. The van der Waals surface area contributed by atoms with Crippen LogP contribution >= 0.6 is 12.2 Å². The van der Waals surface area contributed by atoms with Crippen LogP contribution in [-0.2, 0) is 6.18 Å². The molecule has 0 bridgehead atoms. The van der Waals surface area contributed by atoms with Crippen LogP contribution in [0.5, 0.6) is 0 Å². The van der Waals surface area contributed by atoms with E-state index in [0.717, 1.165) is 25.3 Å². The topological polar surface area (TPSA) is 50.9 Å². The maximum atomic E-state index is 12.8. The van der Waals surface area contributed by atoms with Crippen molar-refractivity contribution < 1.29 is 13.2 Å². The van der Waals surface area contributed by atoms with Crippen LogP contribution in [-0.4, -0.2) is 16.0 Å². The zero-order valence-corrected chi connectivity index (χ0v) is 12.7. The number of nitrogens with two attached hydrogens (primary N) is 1. The van der Waals surface area contributed by atoms with Crippen LogP contribution in [0.4, 0.5) is 19.0 Å². The van der Waals surface area contributed by atoms with Crippen molar-refractivity contribution in [3.05, 3.63) is 23.4 Å². The Balaban J connectivity index is 2.37. The lowest BCUT2D eigenvalue weighted by Gasteiger charge is -2.29. The summed E-state index contributed by atoms with van der Waals surface area (Å²) in [6.45, 7) is 4.18. The van der Waals surface area contributed by atoms with E-state index < -0.39 is 11.9 Å². The monoisotopic (exact) mass is 317 g/mol. The van der Waals surface area contributed by atoms with E-state index in [9.17, 15) is 13.2 Å². The van der Waals surface area contributed by atoms with Gasteiger partial charge in [-0.05, 0) is 30.4 Å². The number of thiocarbonyl (C=S) groups is 1. The lowest BCUT2D eigenvalue weighted by atomic mass is 9.87. The van der Waals surface area contributed by atoms with Gasteiger partial charge in [-0.3, -0.25) is 0 Å². The van der Waals surface area contributed by atoms with Crippen molar-refractivity contribution in [2.75, 3.05) is 5.32 Å². The van der Waals surface area contributed by atoms with Gasteiger partial charge in [0.15, 0.2) is 0 Å². The van der Waals surface area contributed by atoms with Gasteiger partial charge < -0.3 is 11.1 Å². The third-order valence-electron chi connectivity index (χ3n) is 4.02. The average molecular weight is 317 g/mol. The summed E-state index contributed by atoms with van der Waals surface area (Å²) in [5.41, 5.74) is 4.99. The Labute approximate surface area is 127 Å². The van der Waals surface area contributed by atoms with Crippen molar-refractivity contribution in [3.8, 4) is 0 Å². The quantitative estimate of drug-likeness (QED) is 0.834. The van der Waals surface area contributed by atoms with E-state index in [-0.39, 0.29) is 22.3 Å². The lowest BCUT2D eigenvalue weighted by Crippen LogP contribution is -2.32. The van der Waals surface area contributed by atoms with Crippen molar-refractivity contribution in [2.45, 2.75) is 45.3 Å². The maximum absolute atomic E-state index is 12.8. The van der Waals surface area contributed by atoms with E-state index in [0.29, 0.717) is 5.56 Å². The Bertz CT molecular complexity index is 555. The van der Waals surface area contributed by atoms with Gasteiger partial charge in [0.2, 0.25) is 0 Å². The van der Waals surface area contributed by atoms with Gasteiger partial charge in [-0.15, -0.1) is 0 Å². The zero-order valence-electron chi connectivity index (χ0n) is 11.9. The number of halogens is 3. The lowest BCUT2D eigenvalue weighted by molar-refractivity contribution is -0.141. The molecule has 3 nitrogen and oxygen atoms in total. The fraction of sp³-hybridized carbons (Fsp3) is 0.571. The molecule has 1 unspecified atom stereocenters. The highest BCUT2D eigenvalue weighted by atomic mass is 32.1. The first-order chi connectivity index (χ1) is 9.61. The van der Waals surface area contributed by atoms with Crippen LogP contribution in [0.2, 0.25) is 0 Å². The van der Waals surface area contributed by atoms with E-state index in [1.165, 1.54) is 6.07 Å². The first kappa shape index (κ1) is 16.0. The fourth-order valence-electron chi connectivity index (χ4n) is 2.69. The third-order valence-corrected chi connectivity index (χ3v) is 4.24. The molecule has 0 radical (unpaired) electrons. The molecule has 1 saturated carbocycles. The summed E-state index contributed by atoms with van der Waals surface area (Å²) in [5, 5.41) is 3.11. The fourth-order valence-corrected chi connectivity index (χ4v) is 2.85. The highest BCUT2D eigenvalue weighted by Crippen LogP contribution is 2.39. The van der Waals surface area contributed by atoms with Crippen LogP contribution in [0, 0.1) is 5.41 Å². The number of anilines is 1. The number of alkyl halides is 3. The molecule has 0 amide bonds. The molecule has 2 rings (SSSR count). The van der Waals surface area contributed by atoms with E-state index >= 15 is 0 Å². The second kappa shape index (κ2) is 5.44. The molecular formula is C14H18F3N3S. The Morgan fingerprint density at radius 2 is 2.10 bits per heavy atom. The van der Waals surface area contributed by atoms with Gasteiger partial charge in [0.25, 0.3) is 0 Å². The molecule has 1 aromatic rings. The third kappa shape index (κ3) is 3.45. The normalized spacial score (nSPS) is 21.3. The number of pyridine rings is 1. The number of rotatable bonds is 3. The Hall–Kier alpha value is -1.37. The second-order valence-corrected chi connectivity index (χ2v) is 6.47. The van der Waals surface area contributed by atoms with Crippen LogP contribution in [0.3, 0.4) is 0 Å². The molecule has 3 N–H and O–H groups in total. The summed E-state index contributed by atoms with van der Waals surface area (Å²) < 4.78 is 38.4. The summed E-state index contributed by atoms with van der Waals surface area (Å²) in [6, 6.07) is 2.24. The van der Waals surface area contributed by atoms with Crippen molar-refractivity contribution in [1.82, 2.24) is 4.98 Å². The van der Waals surface area contributed by atoms with Crippen molar-refractivity contribution in [1.29, 1.82) is 0 Å². The van der Waals surface area contributed by atoms with Crippen molar-refractivity contribution in [3.63, 3.8) is 0 Å². The smallest absolute Gasteiger partial charge is 0.389 e. The number of hydrogen-bond donors (Lipinski definition) is 2. The molecule has 1 aliphatic carbocycles. The molecule has 1 fully saturated rings. The van der Waals surface area contributed by atoms with Crippen molar-refractivity contribution >= 4 is 23.0 Å². The molecule has 0 aliphatic heterocycles. The molecule has 116 valence electrons. The standard InChI is InChI=1S/C14H18F3N3S/c1-13(2)7-3-4-9(13)19-12-8(11(18)21)5-6-10(20-12)14(15,16)17/h5-6,9H,3-4,7H2,1-2H3,(H2,18,21)(H,19,20). The van der Waals surface area contributed by atoms with E-state index in [1.807, 2.05) is 0 Å². The molecule has 0 aromatic carbocycles. The van der Waals surface area contributed by atoms with Gasteiger partial charge in [-0.2, -0.15) is 13.2 Å². The molecule has 21 heavy (non-hydrogen) atoms. The largest absolute Gasteiger partial charge is 0.433 e. The summed E-state index contributed by atoms with van der Waals surface area (Å²) in [6.07, 6.45) is -1.55. The highest BCUT2D eigenvalue weighted by Gasteiger charge is 2.37. The van der Waals surface area contributed by atoms with Crippen LogP contribution in [0.1, 0.15) is 44.4 Å². The first-order valence-corrected chi connectivity index (χ1v) is 7.17. The number of nitrogens with zero attached hydrogens (tertiary/aromatic N) is 1. The molecule has 1 aromatic heterocycles. The summed E-state index contributed by atoms with van der Waals surface area (Å²) in [7, 11) is 0. The molecule has 0 saturated heterocycles. The highest BCUT2D eigenvalue weighted by molar-refractivity contribution is 7.80. The van der Waals surface area contributed by atoms with Gasteiger partial charge in [0.1, 0.15) is 16.5 Å². The second-order valence-electron chi connectivity index (χ2n) is 6.03. The molecule has 1 aliphatic rings. The van der Waals surface area contributed by atoms with Gasteiger partial charge in [-0.1, -0.05) is 32.5 Å². The SMILES string of the molecule is CC1(C)CCCC1Nc1nc(C(F)(F)F)ccc1C(N)=S. The molecule has 0 spiro atoms. The van der Waals surface area contributed by atoms with E-state index in [2.05, 4.69) is 24.1 Å². The van der Waals surface area contributed by atoms with Gasteiger partial charge >= 0.3 is 6.18 Å². The van der Waals surface area contributed by atoms with E-state index in [4.69, 9.17) is 18.0 Å². The number of nitrogens with one attached hydrogen (secondary N) is 1. The van der Waals surface area contributed by atoms with Crippen LogP contribution in [0.25, 0.3) is 0 Å². The van der Waals surface area contributed by atoms with Gasteiger partial charge in [0, 0.05) is 6.04 Å². The maximum Gasteiger partial charge on any atom is 0.433 e.